The number of carbonyl (C=O) groups excluding carboxylic acids is 1. The number of hydrogen-bond acceptors (Lipinski definition) is 9. The van der Waals surface area contributed by atoms with Crippen LogP contribution in [-0.2, 0) is 23.7 Å². The fraction of sp³-hybridized carbons (Fsp3) is 0.896. The van der Waals surface area contributed by atoms with Crippen molar-refractivity contribution in [2.75, 3.05) is 26.4 Å². The van der Waals surface area contributed by atoms with Crippen molar-refractivity contribution in [2.45, 2.75) is 250 Å². The van der Waals surface area contributed by atoms with Gasteiger partial charge in [0.05, 0.1) is 19.8 Å². The van der Waals surface area contributed by atoms with Crippen LogP contribution in [0.1, 0.15) is 213 Å². The molecule has 336 valence electrons. The van der Waals surface area contributed by atoms with Gasteiger partial charge in [-0.05, 0) is 64.2 Å². The molecule has 0 radical (unpaired) electrons. The number of aliphatic hydroxyl groups is 4. The van der Waals surface area contributed by atoms with Crippen LogP contribution in [0.25, 0.3) is 0 Å². The molecule has 0 aromatic heterocycles. The van der Waals surface area contributed by atoms with Crippen molar-refractivity contribution in [2.24, 2.45) is 0 Å². The van der Waals surface area contributed by atoms with E-state index in [1.54, 1.807) is 0 Å². The van der Waals surface area contributed by atoms with Gasteiger partial charge in [0.2, 0.25) is 0 Å². The molecule has 1 rings (SSSR count). The Morgan fingerprint density at radius 3 is 1.46 bits per heavy atom. The van der Waals surface area contributed by atoms with Gasteiger partial charge in [0.25, 0.3) is 0 Å². The molecule has 0 amide bonds. The zero-order valence-electron chi connectivity index (χ0n) is 36.9. The second kappa shape index (κ2) is 40.1. The SMILES string of the molecule is CCCCC/C=C\CCCCCCCCOCC(COC1OC(CO)C(O)C(O)C1O)OC(=O)CCCCCCCCCCC/C=C\CCCCCCCCCC. The monoisotopic (exact) mass is 811 g/mol. The molecule has 57 heavy (non-hydrogen) atoms. The molecule has 1 saturated heterocycles. The van der Waals surface area contributed by atoms with Gasteiger partial charge in [-0.2, -0.15) is 0 Å². The van der Waals surface area contributed by atoms with E-state index in [4.69, 9.17) is 18.9 Å². The Hall–Kier alpha value is -1.33. The summed E-state index contributed by atoms with van der Waals surface area (Å²) in [6.45, 7) is 4.54. The van der Waals surface area contributed by atoms with Gasteiger partial charge in [-0.15, -0.1) is 0 Å². The molecule has 4 N–H and O–H groups in total. The summed E-state index contributed by atoms with van der Waals surface area (Å²) in [7, 11) is 0. The summed E-state index contributed by atoms with van der Waals surface area (Å²) >= 11 is 0. The Morgan fingerprint density at radius 2 is 0.965 bits per heavy atom. The molecule has 1 fully saturated rings. The smallest absolute Gasteiger partial charge is 0.306 e. The summed E-state index contributed by atoms with van der Waals surface area (Å²) in [5.74, 6) is -0.316. The lowest BCUT2D eigenvalue weighted by atomic mass is 9.99. The zero-order valence-corrected chi connectivity index (χ0v) is 36.9. The van der Waals surface area contributed by atoms with E-state index in [0.717, 1.165) is 32.1 Å². The van der Waals surface area contributed by atoms with Crippen LogP contribution in [0.4, 0.5) is 0 Å². The number of ether oxygens (including phenoxy) is 4. The number of aliphatic hydroxyl groups excluding tert-OH is 4. The first-order valence-corrected chi connectivity index (χ1v) is 23.9. The van der Waals surface area contributed by atoms with E-state index in [0.29, 0.717) is 13.0 Å². The number of unbranched alkanes of at least 4 members (excludes halogenated alkanes) is 26. The Kier molecular flexibility index (Phi) is 37.8. The first-order chi connectivity index (χ1) is 27.9. The molecular weight excluding hydrogens is 721 g/mol. The summed E-state index contributed by atoms with van der Waals surface area (Å²) in [5.41, 5.74) is 0. The van der Waals surface area contributed by atoms with Gasteiger partial charge in [0, 0.05) is 13.0 Å². The van der Waals surface area contributed by atoms with Crippen LogP contribution in [0.3, 0.4) is 0 Å². The maximum Gasteiger partial charge on any atom is 0.306 e. The number of carbonyl (C=O) groups is 1. The molecule has 9 nitrogen and oxygen atoms in total. The standard InChI is InChI=1S/C48H90O9/c1-3-5-7-9-11-13-15-17-18-19-20-21-22-23-24-25-27-29-31-33-35-37-44(50)56-42(41-55-48-47(53)46(52)45(51)43(39-49)57-48)40-54-38-36-34-32-30-28-26-16-14-12-10-8-6-4-2/h12,14,19-20,42-43,45-49,51-53H,3-11,13,15-18,21-41H2,1-2H3/b14-12-,20-19-. The highest BCUT2D eigenvalue weighted by Gasteiger charge is 2.44. The molecular formula is C48H90O9. The van der Waals surface area contributed by atoms with E-state index < -0.39 is 43.4 Å². The summed E-state index contributed by atoms with van der Waals surface area (Å²) in [4.78, 5) is 12.8. The van der Waals surface area contributed by atoms with Crippen molar-refractivity contribution in [3.8, 4) is 0 Å². The third-order valence-corrected chi connectivity index (χ3v) is 11.1. The molecule has 9 heteroatoms. The minimum absolute atomic E-state index is 0.114. The number of esters is 1. The minimum atomic E-state index is -1.54. The topological polar surface area (TPSA) is 135 Å². The van der Waals surface area contributed by atoms with Crippen molar-refractivity contribution in [3.05, 3.63) is 24.3 Å². The number of rotatable bonds is 41. The molecule has 0 aromatic carbocycles. The lowest BCUT2D eigenvalue weighted by Gasteiger charge is -2.39. The van der Waals surface area contributed by atoms with E-state index in [-0.39, 0.29) is 19.2 Å². The maximum absolute atomic E-state index is 12.8. The average Bonchev–Trinajstić information content (AvgIpc) is 3.21. The number of allylic oxidation sites excluding steroid dienone is 4. The van der Waals surface area contributed by atoms with Gasteiger partial charge < -0.3 is 39.4 Å². The molecule has 0 aromatic rings. The van der Waals surface area contributed by atoms with E-state index in [2.05, 4.69) is 38.2 Å². The van der Waals surface area contributed by atoms with Gasteiger partial charge in [0.15, 0.2) is 6.29 Å². The van der Waals surface area contributed by atoms with Crippen LogP contribution in [-0.4, -0.2) is 89.6 Å². The first-order valence-electron chi connectivity index (χ1n) is 23.9. The van der Waals surface area contributed by atoms with Crippen molar-refractivity contribution in [1.82, 2.24) is 0 Å². The van der Waals surface area contributed by atoms with Crippen LogP contribution in [0.15, 0.2) is 24.3 Å². The first kappa shape index (κ1) is 53.7. The highest BCUT2D eigenvalue weighted by Crippen LogP contribution is 2.23. The predicted molar refractivity (Wildman–Crippen MR) is 233 cm³/mol. The van der Waals surface area contributed by atoms with Crippen LogP contribution in [0.2, 0.25) is 0 Å². The molecule has 0 bridgehead atoms. The van der Waals surface area contributed by atoms with Crippen LogP contribution in [0.5, 0.6) is 0 Å². The van der Waals surface area contributed by atoms with Crippen molar-refractivity contribution >= 4 is 5.97 Å². The Balaban J connectivity index is 2.21. The van der Waals surface area contributed by atoms with Crippen LogP contribution >= 0.6 is 0 Å². The quantitative estimate of drug-likeness (QED) is 0.0270. The molecule has 0 saturated carbocycles. The summed E-state index contributed by atoms with van der Waals surface area (Å²) in [5, 5.41) is 40.1. The Labute approximate surface area is 349 Å². The number of hydrogen-bond donors (Lipinski definition) is 4. The fourth-order valence-electron chi connectivity index (χ4n) is 7.31. The maximum atomic E-state index is 12.8. The van der Waals surface area contributed by atoms with E-state index in [1.165, 1.54) is 161 Å². The van der Waals surface area contributed by atoms with Crippen LogP contribution < -0.4 is 0 Å². The molecule has 0 aliphatic carbocycles. The van der Waals surface area contributed by atoms with Gasteiger partial charge in [0.1, 0.15) is 30.5 Å². The van der Waals surface area contributed by atoms with Crippen molar-refractivity contribution in [3.63, 3.8) is 0 Å². The van der Waals surface area contributed by atoms with E-state index >= 15 is 0 Å². The van der Waals surface area contributed by atoms with Crippen molar-refractivity contribution < 1.29 is 44.2 Å². The Morgan fingerprint density at radius 1 is 0.544 bits per heavy atom. The molecule has 1 heterocycles. The largest absolute Gasteiger partial charge is 0.457 e. The van der Waals surface area contributed by atoms with Gasteiger partial charge in [-0.1, -0.05) is 167 Å². The highest BCUT2D eigenvalue weighted by atomic mass is 16.7. The molecule has 6 unspecified atom stereocenters. The lowest BCUT2D eigenvalue weighted by Crippen LogP contribution is -2.59. The third-order valence-electron chi connectivity index (χ3n) is 11.1. The van der Waals surface area contributed by atoms with Gasteiger partial charge in [-0.3, -0.25) is 4.79 Å². The summed E-state index contributed by atoms with van der Waals surface area (Å²) in [6, 6.07) is 0. The lowest BCUT2D eigenvalue weighted by molar-refractivity contribution is -0.305. The normalized spacial score (nSPS) is 20.6. The van der Waals surface area contributed by atoms with Crippen molar-refractivity contribution in [1.29, 1.82) is 0 Å². The molecule has 0 spiro atoms. The zero-order chi connectivity index (χ0) is 41.4. The summed E-state index contributed by atoms with van der Waals surface area (Å²) in [6.07, 6.45) is 39.2. The second-order valence-electron chi connectivity index (χ2n) is 16.6. The van der Waals surface area contributed by atoms with Gasteiger partial charge >= 0.3 is 5.97 Å². The van der Waals surface area contributed by atoms with Gasteiger partial charge in [-0.25, -0.2) is 0 Å². The highest BCUT2D eigenvalue weighted by molar-refractivity contribution is 5.69. The molecule has 1 aliphatic heterocycles. The average molecular weight is 811 g/mol. The molecule has 1 aliphatic rings. The Bertz CT molecular complexity index is 926. The molecule has 6 atom stereocenters. The van der Waals surface area contributed by atoms with E-state index in [9.17, 15) is 25.2 Å². The fourth-order valence-corrected chi connectivity index (χ4v) is 7.31. The van der Waals surface area contributed by atoms with Crippen LogP contribution in [0, 0.1) is 0 Å². The minimum Gasteiger partial charge on any atom is -0.457 e. The van der Waals surface area contributed by atoms with E-state index in [1.807, 2.05) is 0 Å². The third kappa shape index (κ3) is 31.2. The second-order valence-corrected chi connectivity index (χ2v) is 16.6. The predicted octanol–water partition coefficient (Wildman–Crippen LogP) is 11.0. The summed E-state index contributed by atoms with van der Waals surface area (Å²) < 4.78 is 22.8.